The average Bonchev–Trinajstić information content (AvgIpc) is 2.80. The van der Waals surface area contributed by atoms with E-state index in [9.17, 15) is 27.7 Å². The number of nitro groups is 1. The number of carbonyl (C=O) groups excluding carboxylic acids is 1. The number of hydrogen-bond acceptors (Lipinski definition) is 6. The van der Waals surface area contributed by atoms with Crippen LogP contribution in [0.2, 0.25) is 0 Å². The largest absolute Gasteiger partial charge is 0.278 e. The SMILES string of the molecule is Cc1ccc(S(=O)(=O)N(CC(=O)N/N=C\c2ccccc2[N+](=O)[O-])Cc2ccc(F)cc2)cc1. The molecule has 0 fully saturated rings. The van der Waals surface area contributed by atoms with Gasteiger partial charge in [0.05, 0.1) is 28.1 Å². The molecule has 0 aliphatic carbocycles. The monoisotopic (exact) mass is 484 g/mol. The molecule has 0 radical (unpaired) electrons. The Labute approximate surface area is 195 Å². The van der Waals surface area contributed by atoms with Crippen LogP contribution in [0.4, 0.5) is 10.1 Å². The molecule has 0 saturated heterocycles. The lowest BCUT2D eigenvalue weighted by molar-refractivity contribution is -0.385. The summed E-state index contributed by atoms with van der Waals surface area (Å²) in [6.45, 7) is 1.05. The van der Waals surface area contributed by atoms with Crippen molar-refractivity contribution in [1.29, 1.82) is 0 Å². The van der Waals surface area contributed by atoms with Crippen molar-refractivity contribution >= 4 is 27.8 Å². The Bertz CT molecular complexity index is 1310. The highest BCUT2D eigenvalue weighted by Gasteiger charge is 2.27. The first-order chi connectivity index (χ1) is 16.2. The Balaban J connectivity index is 1.80. The number of carbonyl (C=O) groups is 1. The van der Waals surface area contributed by atoms with Crippen molar-refractivity contribution in [2.45, 2.75) is 18.4 Å². The van der Waals surface area contributed by atoms with Crippen LogP contribution >= 0.6 is 0 Å². The van der Waals surface area contributed by atoms with Crippen molar-refractivity contribution in [1.82, 2.24) is 9.73 Å². The summed E-state index contributed by atoms with van der Waals surface area (Å²) in [7, 11) is -4.08. The molecule has 0 aromatic heterocycles. The lowest BCUT2D eigenvalue weighted by Gasteiger charge is -2.21. The molecule has 3 rings (SSSR count). The van der Waals surface area contributed by atoms with Gasteiger partial charge in [0.2, 0.25) is 10.0 Å². The van der Waals surface area contributed by atoms with Crippen molar-refractivity contribution < 1.29 is 22.5 Å². The van der Waals surface area contributed by atoms with E-state index in [1.807, 2.05) is 6.92 Å². The van der Waals surface area contributed by atoms with Gasteiger partial charge in [0.1, 0.15) is 5.82 Å². The van der Waals surface area contributed by atoms with E-state index in [-0.39, 0.29) is 22.7 Å². The lowest BCUT2D eigenvalue weighted by Crippen LogP contribution is -2.39. The van der Waals surface area contributed by atoms with E-state index in [0.717, 1.165) is 16.1 Å². The van der Waals surface area contributed by atoms with Gasteiger partial charge in [0.15, 0.2) is 0 Å². The molecule has 0 saturated carbocycles. The number of nitro benzene ring substituents is 1. The molecule has 9 nitrogen and oxygen atoms in total. The molecule has 0 aliphatic heterocycles. The molecular formula is C23H21FN4O5S. The fourth-order valence-corrected chi connectivity index (χ4v) is 4.40. The number of amides is 1. The predicted octanol–water partition coefficient (Wildman–Crippen LogP) is 3.38. The summed E-state index contributed by atoms with van der Waals surface area (Å²) < 4.78 is 40.7. The second kappa shape index (κ2) is 10.8. The summed E-state index contributed by atoms with van der Waals surface area (Å²) in [5, 5.41) is 14.8. The number of nitrogens with one attached hydrogen (secondary N) is 1. The van der Waals surface area contributed by atoms with Gasteiger partial charge in [0.25, 0.3) is 11.6 Å². The zero-order valence-corrected chi connectivity index (χ0v) is 18.9. The third-order valence-corrected chi connectivity index (χ3v) is 6.58. The van der Waals surface area contributed by atoms with Crippen molar-refractivity contribution in [3.63, 3.8) is 0 Å². The maximum atomic E-state index is 13.3. The standard InChI is InChI=1S/C23H21FN4O5S/c1-17-6-12-21(13-7-17)34(32,33)27(15-18-8-10-20(24)11-9-18)16-23(29)26-25-14-19-4-2-3-5-22(19)28(30)31/h2-14H,15-16H2,1H3,(H,26,29)/b25-14-. The molecule has 176 valence electrons. The van der Waals surface area contributed by atoms with Gasteiger partial charge in [0, 0.05) is 12.6 Å². The van der Waals surface area contributed by atoms with E-state index in [2.05, 4.69) is 10.5 Å². The molecule has 0 atom stereocenters. The van der Waals surface area contributed by atoms with Crippen LogP contribution in [-0.4, -0.2) is 36.3 Å². The first kappa shape index (κ1) is 24.7. The normalized spacial score (nSPS) is 11.6. The van der Waals surface area contributed by atoms with Crippen LogP contribution in [0.1, 0.15) is 16.7 Å². The van der Waals surface area contributed by atoms with Crippen molar-refractivity contribution in [2.24, 2.45) is 5.10 Å². The second-order valence-corrected chi connectivity index (χ2v) is 9.26. The van der Waals surface area contributed by atoms with Crippen LogP contribution < -0.4 is 5.43 Å². The van der Waals surface area contributed by atoms with Gasteiger partial charge in [-0.2, -0.15) is 9.41 Å². The number of aryl methyl sites for hydroxylation is 1. The van der Waals surface area contributed by atoms with Crippen LogP contribution in [0.3, 0.4) is 0 Å². The van der Waals surface area contributed by atoms with Gasteiger partial charge in [-0.3, -0.25) is 14.9 Å². The van der Waals surface area contributed by atoms with Crippen LogP contribution in [0, 0.1) is 22.9 Å². The zero-order chi connectivity index (χ0) is 24.7. The zero-order valence-electron chi connectivity index (χ0n) is 18.1. The quantitative estimate of drug-likeness (QED) is 0.283. The number of para-hydroxylation sites is 1. The molecule has 1 N–H and O–H groups in total. The number of hydrazone groups is 1. The number of hydrogen-bond donors (Lipinski definition) is 1. The summed E-state index contributed by atoms with van der Waals surface area (Å²) in [4.78, 5) is 23.0. The molecule has 0 bridgehead atoms. The maximum absolute atomic E-state index is 13.3. The van der Waals surface area contributed by atoms with Crippen molar-refractivity contribution in [3.8, 4) is 0 Å². The minimum atomic E-state index is -4.08. The summed E-state index contributed by atoms with van der Waals surface area (Å²) in [5.74, 6) is -1.23. The summed E-state index contributed by atoms with van der Waals surface area (Å²) in [6, 6.07) is 17.2. The Morgan fingerprint density at radius 3 is 2.38 bits per heavy atom. The van der Waals surface area contributed by atoms with Crippen molar-refractivity contribution in [2.75, 3.05) is 6.54 Å². The van der Waals surface area contributed by atoms with E-state index < -0.39 is 33.2 Å². The van der Waals surface area contributed by atoms with E-state index in [1.165, 1.54) is 54.6 Å². The number of halogens is 1. The second-order valence-electron chi connectivity index (χ2n) is 7.32. The first-order valence-corrected chi connectivity index (χ1v) is 11.5. The van der Waals surface area contributed by atoms with E-state index in [0.29, 0.717) is 5.56 Å². The highest BCUT2D eigenvalue weighted by Crippen LogP contribution is 2.19. The third kappa shape index (κ3) is 6.30. The lowest BCUT2D eigenvalue weighted by atomic mass is 10.2. The summed E-state index contributed by atoms with van der Waals surface area (Å²) in [5.41, 5.74) is 3.52. The Kier molecular flexibility index (Phi) is 7.82. The van der Waals surface area contributed by atoms with Gasteiger partial charge >= 0.3 is 0 Å². The Hall–Kier alpha value is -3.96. The maximum Gasteiger partial charge on any atom is 0.278 e. The van der Waals surface area contributed by atoms with Crippen LogP contribution in [0.5, 0.6) is 0 Å². The molecule has 3 aromatic carbocycles. The highest BCUT2D eigenvalue weighted by atomic mass is 32.2. The molecule has 11 heteroatoms. The number of rotatable bonds is 9. The smallest absolute Gasteiger partial charge is 0.272 e. The van der Waals surface area contributed by atoms with E-state index >= 15 is 0 Å². The average molecular weight is 485 g/mol. The topological polar surface area (TPSA) is 122 Å². The molecule has 3 aromatic rings. The summed E-state index contributed by atoms with van der Waals surface area (Å²) in [6.07, 6.45) is 1.11. The van der Waals surface area contributed by atoms with Gasteiger partial charge in [-0.15, -0.1) is 0 Å². The fraction of sp³-hybridized carbons (Fsp3) is 0.130. The highest BCUT2D eigenvalue weighted by molar-refractivity contribution is 7.89. The molecule has 0 aliphatic rings. The van der Waals surface area contributed by atoms with Crippen LogP contribution in [-0.2, 0) is 21.4 Å². The molecule has 0 unspecified atom stereocenters. The van der Waals surface area contributed by atoms with E-state index in [4.69, 9.17) is 0 Å². The first-order valence-electron chi connectivity index (χ1n) is 10.0. The molecular weight excluding hydrogens is 463 g/mol. The number of nitrogens with zero attached hydrogens (tertiary/aromatic N) is 3. The third-order valence-electron chi connectivity index (χ3n) is 4.78. The Morgan fingerprint density at radius 2 is 1.74 bits per heavy atom. The minimum absolute atomic E-state index is 0.00331. The van der Waals surface area contributed by atoms with E-state index in [1.54, 1.807) is 18.2 Å². The fourth-order valence-electron chi connectivity index (χ4n) is 3.01. The Morgan fingerprint density at radius 1 is 1.09 bits per heavy atom. The predicted molar refractivity (Wildman–Crippen MR) is 124 cm³/mol. The number of benzene rings is 3. The van der Waals surface area contributed by atoms with Crippen LogP contribution in [0.25, 0.3) is 0 Å². The molecule has 0 heterocycles. The van der Waals surface area contributed by atoms with Gasteiger partial charge in [-0.25, -0.2) is 18.2 Å². The molecule has 34 heavy (non-hydrogen) atoms. The van der Waals surface area contributed by atoms with Gasteiger partial charge in [-0.1, -0.05) is 42.0 Å². The number of sulfonamides is 1. The molecule has 1 amide bonds. The molecule has 0 spiro atoms. The van der Waals surface area contributed by atoms with Crippen LogP contribution in [0.15, 0.2) is 82.8 Å². The van der Waals surface area contributed by atoms with Crippen molar-refractivity contribution in [3.05, 3.63) is 105 Å². The van der Waals surface area contributed by atoms with Gasteiger partial charge in [-0.05, 0) is 42.8 Å². The minimum Gasteiger partial charge on any atom is -0.272 e. The van der Waals surface area contributed by atoms with Gasteiger partial charge < -0.3 is 0 Å². The summed E-state index contributed by atoms with van der Waals surface area (Å²) >= 11 is 0.